The van der Waals surface area contributed by atoms with E-state index >= 15 is 0 Å². The number of likely N-dealkylation sites (tertiary alicyclic amines) is 1. The van der Waals surface area contributed by atoms with Crippen LogP contribution >= 0.6 is 11.6 Å². The number of carbonyl (C=O) groups is 2. The van der Waals surface area contributed by atoms with Gasteiger partial charge < -0.3 is 4.90 Å². The van der Waals surface area contributed by atoms with Crippen LogP contribution in [0.4, 0.5) is 4.39 Å². The lowest BCUT2D eigenvalue weighted by Crippen LogP contribution is -2.63. The maximum absolute atomic E-state index is 13.3. The summed E-state index contributed by atoms with van der Waals surface area (Å²) >= 11 is 5.97. The fraction of sp³-hybridized carbons (Fsp3) is 0.500. The summed E-state index contributed by atoms with van der Waals surface area (Å²) in [6.07, 6.45) is 2.58. The van der Waals surface area contributed by atoms with E-state index in [1.165, 1.54) is 22.1 Å². The van der Waals surface area contributed by atoms with Crippen molar-refractivity contribution >= 4 is 23.4 Å². The number of nitrogens with zero attached hydrogens (tertiary/aromatic N) is 2. The summed E-state index contributed by atoms with van der Waals surface area (Å²) in [7, 11) is 0. The van der Waals surface area contributed by atoms with Crippen LogP contribution in [0.25, 0.3) is 0 Å². The Morgan fingerprint density at radius 1 is 1.39 bits per heavy atom. The quantitative estimate of drug-likeness (QED) is 0.849. The number of rotatable bonds is 3. The van der Waals surface area contributed by atoms with Gasteiger partial charge in [-0.2, -0.15) is 0 Å². The summed E-state index contributed by atoms with van der Waals surface area (Å²) in [5, 5.41) is 1.67. The molecule has 23 heavy (non-hydrogen) atoms. The van der Waals surface area contributed by atoms with Crippen molar-refractivity contribution in [1.82, 2.24) is 9.96 Å². The Morgan fingerprint density at radius 2 is 2.13 bits per heavy atom. The van der Waals surface area contributed by atoms with Crippen LogP contribution in [0.15, 0.2) is 18.2 Å². The molecule has 2 heterocycles. The Kier molecular flexibility index (Phi) is 3.35. The highest BCUT2D eigenvalue weighted by Gasteiger charge is 2.55. The molecule has 1 aromatic rings. The average molecular weight is 339 g/mol. The van der Waals surface area contributed by atoms with E-state index in [4.69, 9.17) is 16.4 Å². The zero-order valence-electron chi connectivity index (χ0n) is 12.4. The Hall–Kier alpha value is -1.66. The molecule has 3 fully saturated rings. The van der Waals surface area contributed by atoms with E-state index in [-0.39, 0.29) is 22.4 Å². The van der Waals surface area contributed by atoms with Crippen molar-refractivity contribution in [3.63, 3.8) is 0 Å². The molecule has 2 saturated heterocycles. The van der Waals surface area contributed by atoms with Gasteiger partial charge in [-0.05, 0) is 37.0 Å². The Labute approximate surface area is 137 Å². The van der Waals surface area contributed by atoms with Gasteiger partial charge in [0.15, 0.2) is 0 Å². The lowest BCUT2D eigenvalue weighted by atomic mass is 9.90. The molecule has 7 heteroatoms. The molecule has 1 saturated carbocycles. The van der Waals surface area contributed by atoms with Gasteiger partial charge in [-0.15, -0.1) is 0 Å². The number of benzene rings is 1. The van der Waals surface area contributed by atoms with E-state index in [2.05, 4.69) is 0 Å². The smallest absolute Gasteiger partial charge is 0.255 e. The van der Waals surface area contributed by atoms with Crippen LogP contribution in [-0.2, 0) is 9.63 Å². The SMILES string of the molecule is O=C(c1cc(F)ccc1Cl)N1CC2(CC(=O)N(CC3CC3)O2)C1. The van der Waals surface area contributed by atoms with E-state index in [0.717, 1.165) is 18.9 Å². The highest BCUT2D eigenvalue weighted by molar-refractivity contribution is 6.33. The van der Waals surface area contributed by atoms with Crippen LogP contribution in [0.5, 0.6) is 0 Å². The summed E-state index contributed by atoms with van der Waals surface area (Å²) < 4.78 is 13.3. The predicted octanol–water partition coefficient (Wildman–Crippen LogP) is 2.25. The largest absolute Gasteiger partial charge is 0.332 e. The molecule has 2 aliphatic heterocycles. The van der Waals surface area contributed by atoms with Gasteiger partial charge in [0.05, 0.1) is 36.6 Å². The maximum Gasteiger partial charge on any atom is 0.255 e. The second-order valence-electron chi connectivity index (χ2n) is 6.63. The summed E-state index contributed by atoms with van der Waals surface area (Å²) in [6.45, 7) is 1.29. The van der Waals surface area contributed by atoms with Crippen molar-refractivity contribution in [2.45, 2.75) is 24.9 Å². The van der Waals surface area contributed by atoms with Gasteiger partial charge in [0, 0.05) is 0 Å². The first-order valence-corrected chi connectivity index (χ1v) is 8.07. The fourth-order valence-electron chi connectivity index (χ4n) is 3.15. The molecule has 5 nitrogen and oxygen atoms in total. The molecule has 0 N–H and O–H groups in total. The zero-order valence-corrected chi connectivity index (χ0v) is 13.2. The molecule has 0 atom stereocenters. The van der Waals surface area contributed by atoms with Gasteiger partial charge in [-0.1, -0.05) is 11.6 Å². The van der Waals surface area contributed by atoms with Gasteiger partial charge in [0.25, 0.3) is 5.91 Å². The monoisotopic (exact) mass is 338 g/mol. The molecule has 0 radical (unpaired) electrons. The van der Waals surface area contributed by atoms with Crippen LogP contribution in [0.2, 0.25) is 5.02 Å². The lowest BCUT2D eigenvalue weighted by molar-refractivity contribution is -0.230. The molecule has 0 aromatic heterocycles. The van der Waals surface area contributed by atoms with Crippen molar-refractivity contribution in [2.75, 3.05) is 19.6 Å². The third-order valence-electron chi connectivity index (χ3n) is 4.58. The topological polar surface area (TPSA) is 49.9 Å². The van der Waals surface area contributed by atoms with Gasteiger partial charge >= 0.3 is 0 Å². The molecular weight excluding hydrogens is 323 g/mol. The highest BCUT2D eigenvalue weighted by Crippen LogP contribution is 2.39. The van der Waals surface area contributed by atoms with Crippen molar-refractivity contribution in [2.24, 2.45) is 5.92 Å². The van der Waals surface area contributed by atoms with Crippen LogP contribution < -0.4 is 0 Å². The first-order chi connectivity index (χ1) is 11.0. The first-order valence-electron chi connectivity index (χ1n) is 7.70. The zero-order chi connectivity index (χ0) is 16.2. The normalized spacial score (nSPS) is 22.6. The van der Waals surface area contributed by atoms with Gasteiger partial charge in [0.1, 0.15) is 11.4 Å². The third kappa shape index (κ3) is 2.70. The molecule has 0 unspecified atom stereocenters. The second-order valence-corrected chi connectivity index (χ2v) is 7.04. The molecule has 1 aliphatic carbocycles. The highest BCUT2D eigenvalue weighted by atomic mass is 35.5. The number of hydroxylamine groups is 2. The minimum atomic E-state index is -0.610. The maximum atomic E-state index is 13.3. The van der Waals surface area contributed by atoms with Crippen LogP contribution in [0, 0.1) is 11.7 Å². The van der Waals surface area contributed by atoms with Crippen molar-refractivity contribution < 1.29 is 18.8 Å². The van der Waals surface area contributed by atoms with Crippen LogP contribution in [0.3, 0.4) is 0 Å². The van der Waals surface area contributed by atoms with E-state index < -0.39 is 11.4 Å². The number of amides is 2. The van der Waals surface area contributed by atoms with Crippen molar-refractivity contribution in [3.8, 4) is 0 Å². The van der Waals surface area contributed by atoms with E-state index in [1.807, 2.05) is 0 Å². The lowest BCUT2D eigenvalue weighted by Gasteiger charge is -2.45. The van der Waals surface area contributed by atoms with E-state index in [0.29, 0.717) is 32.0 Å². The molecule has 1 aromatic carbocycles. The average Bonchev–Trinajstić information content (AvgIpc) is 3.22. The molecule has 3 aliphatic rings. The van der Waals surface area contributed by atoms with Crippen LogP contribution in [-0.4, -0.2) is 47.0 Å². The van der Waals surface area contributed by atoms with Crippen LogP contribution in [0.1, 0.15) is 29.6 Å². The summed E-state index contributed by atoms with van der Waals surface area (Å²) in [4.78, 5) is 31.8. The number of halogens is 2. The first kappa shape index (κ1) is 14.9. The summed E-state index contributed by atoms with van der Waals surface area (Å²) in [5.41, 5.74) is -0.470. The van der Waals surface area contributed by atoms with E-state index in [9.17, 15) is 14.0 Å². The number of carbonyl (C=O) groups excluding carboxylic acids is 2. The molecular formula is C16H16ClFN2O3. The molecule has 1 spiro atoms. The number of hydrogen-bond donors (Lipinski definition) is 0. The predicted molar refractivity (Wildman–Crippen MR) is 80.2 cm³/mol. The summed E-state index contributed by atoms with van der Waals surface area (Å²) in [6, 6.07) is 3.72. The van der Waals surface area contributed by atoms with Crippen molar-refractivity contribution in [3.05, 3.63) is 34.6 Å². The molecule has 122 valence electrons. The van der Waals surface area contributed by atoms with E-state index in [1.54, 1.807) is 0 Å². The fourth-order valence-corrected chi connectivity index (χ4v) is 3.35. The Bertz CT molecular complexity index is 686. The second kappa shape index (κ2) is 5.18. The molecule has 4 rings (SSSR count). The molecule has 2 amide bonds. The molecule has 0 bridgehead atoms. The summed E-state index contributed by atoms with van der Waals surface area (Å²) in [5.74, 6) is -0.307. The Balaban J connectivity index is 1.42. The minimum absolute atomic E-state index is 0.0206. The van der Waals surface area contributed by atoms with Gasteiger partial charge in [0.2, 0.25) is 5.91 Å². The third-order valence-corrected chi connectivity index (χ3v) is 4.91. The van der Waals surface area contributed by atoms with Crippen molar-refractivity contribution in [1.29, 1.82) is 0 Å². The van der Waals surface area contributed by atoms with Gasteiger partial charge in [-0.3, -0.25) is 14.4 Å². The Morgan fingerprint density at radius 3 is 2.83 bits per heavy atom. The minimum Gasteiger partial charge on any atom is -0.332 e. The number of hydrogen-bond acceptors (Lipinski definition) is 3. The van der Waals surface area contributed by atoms with Gasteiger partial charge in [-0.25, -0.2) is 9.45 Å². The standard InChI is InChI=1S/C16H16ClFN2O3/c17-13-4-3-11(18)5-12(13)15(22)19-8-16(9-19)6-14(21)20(23-16)7-10-1-2-10/h3-5,10H,1-2,6-9H2.